The summed E-state index contributed by atoms with van der Waals surface area (Å²) in [6.07, 6.45) is 0. The van der Waals surface area contributed by atoms with Crippen molar-refractivity contribution in [1.29, 1.82) is 0 Å². The fraction of sp³-hybridized carbons (Fsp3) is 0.353. The van der Waals surface area contributed by atoms with E-state index in [0.717, 1.165) is 16.5 Å². The van der Waals surface area contributed by atoms with E-state index in [1.165, 1.54) is 0 Å². The van der Waals surface area contributed by atoms with E-state index in [2.05, 4.69) is 0 Å². The van der Waals surface area contributed by atoms with Crippen molar-refractivity contribution in [3.05, 3.63) is 35.9 Å². The molecule has 2 rings (SSSR count). The van der Waals surface area contributed by atoms with Crippen LogP contribution in [0.15, 0.2) is 30.3 Å². The Bertz CT molecular complexity index is 648. The molecule has 0 fully saturated rings. The van der Waals surface area contributed by atoms with Gasteiger partial charge in [0.05, 0.1) is 19.8 Å². The molecule has 0 aliphatic rings. The fourth-order valence-electron chi connectivity index (χ4n) is 2.56. The molecule has 2 aromatic carbocycles. The van der Waals surface area contributed by atoms with Crippen LogP contribution in [0.25, 0.3) is 10.8 Å². The van der Waals surface area contributed by atoms with Crippen LogP contribution in [0.5, 0.6) is 11.5 Å². The van der Waals surface area contributed by atoms with Gasteiger partial charge in [0.2, 0.25) is 0 Å². The molecule has 0 unspecified atom stereocenters. The Morgan fingerprint density at radius 3 is 2.19 bits per heavy atom. The van der Waals surface area contributed by atoms with Gasteiger partial charge in [-0.25, -0.2) is 0 Å². The summed E-state index contributed by atoms with van der Waals surface area (Å²) >= 11 is 0. The molecule has 0 saturated heterocycles. The van der Waals surface area contributed by atoms with Crippen LogP contribution in [-0.2, 0) is 0 Å². The highest BCUT2D eigenvalue weighted by atomic mass is 16.5. The monoisotopic (exact) mass is 287 g/mol. The largest absolute Gasteiger partial charge is 0.496 e. The normalized spacial score (nSPS) is 10.5. The fourth-order valence-corrected chi connectivity index (χ4v) is 2.56. The molecule has 4 heteroatoms. The average molecular weight is 287 g/mol. The van der Waals surface area contributed by atoms with Gasteiger partial charge in [-0.3, -0.25) is 4.79 Å². The van der Waals surface area contributed by atoms with E-state index in [1.54, 1.807) is 19.1 Å². The number of fused-ring (bicyclic) bond motifs is 1. The third-order valence-corrected chi connectivity index (χ3v) is 3.68. The van der Waals surface area contributed by atoms with Crippen LogP contribution in [0.4, 0.5) is 0 Å². The SMILES string of the molecule is CCN(CC)C(=O)c1cccc2c(OC)ccc(OC)c12. The van der Waals surface area contributed by atoms with Crippen molar-refractivity contribution < 1.29 is 14.3 Å². The Labute approximate surface area is 125 Å². The standard InChI is InChI=1S/C17H21NO3/c1-5-18(6-2)17(19)13-9-7-8-12-14(20-3)10-11-15(21-4)16(12)13/h7-11H,5-6H2,1-4H3. The summed E-state index contributed by atoms with van der Waals surface area (Å²) in [4.78, 5) is 14.5. The molecule has 0 saturated carbocycles. The molecule has 0 aliphatic heterocycles. The van der Waals surface area contributed by atoms with Crippen LogP contribution < -0.4 is 9.47 Å². The summed E-state index contributed by atoms with van der Waals surface area (Å²) in [5.41, 5.74) is 0.645. The van der Waals surface area contributed by atoms with Gasteiger partial charge in [-0.1, -0.05) is 12.1 Å². The molecule has 1 amide bonds. The first kappa shape index (κ1) is 15.2. The number of amides is 1. The minimum Gasteiger partial charge on any atom is -0.496 e. The summed E-state index contributed by atoms with van der Waals surface area (Å²) in [5.74, 6) is 1.43. The van der Waals surface area contributed by atoms with E-state index in [4.69, 9.17) is 9.47 Å². The van der Waals surface area contributed by atoms with Gasteiger partial charge >= 0.3 is 0 Å². The van der Waals surface area contributed by atoms with Crippen molar-refractivity contribution in [2.24, 2.45) is 0 Å². The lowest BCUT2D eigenvalue weighted by Crippen LogP contribution is -2.30. The van der Waals surface area contributed by atoms with Crippen molar-refractivity contribution in [3.63, 3.8) is 0 Å². The summed E-state index contributed by atoms with van der Waals surface area (Å²) in [6, 6.07) is 9.34. The molecule has 0 atom stereocenters. The van der Waals surface area contributed by atoms with Gasteiger partial charge in [0, 0.05) is 23.9 Å². The van der Waals surface area contributed by atoms with Gasteiger partial charge in [-0.15, -0.1) is 0 Å². The summed E-state index contributed by atoms with van der Waals surface area (Å²) < 4.78 is 10.8. The maximum Gasteiger partial charge on any atom is 0.254 e. The predicted molar refractivity (Wildman–Crippen MR) is 84.3 cm³/mol. The van der Waals surface area contributed by atoms with Gasteiger partial charge in [0.1, 0.15) is 11.5 Å². The zero-order chi connectivity index (χ0) is 15.4. The molecular weight excluding hydrogens is 266 g/mol. The average Bonchev–Trinajstić information content (AvgIpc) is 2.54. The van der Waals surface area contributed by atoms with Crippen molar-refractivity contribution in [1.82, 2.24) is 4.90 Å². The summed E-state index contributed by atoms with van der Waals surface area (Å²) in [6.45, 7) is 5.31. The molecule has 0 aliphatic carbocycles. The van der Waals surface area contributed by atoms with E-state index >= 15 is 0 Å². The lowest BCUT2D eigenvalue weighted by molar-refractivity contribution is 0.0775. The molecule has 2 aromatic rings. The number of nitrogens with zero attached hydrogens (tertiary/aromatic N) is 1. The smallest absolute Gasteiger partial charge is 0.254 e. The Hall–Kier alpha value is -2.23. The van der Waals surface area contributed by atoms with Gasteiger partial charge in [0.25, 0.3) is 5.91 Å². The second kappa shape index (κ2) is 6.48. The first-order valence-corrected chi connectivity index (χ1v) is 7.10. The molecule has 0 aromatic heterocycles. The zero-order valence-electron chi connectivity index (χ0n) is 13.0. The van der Waals surface area contributed by atoms with Crippen LogP contribution in [0.3, 0.4) is 0 Å². The van der Waals surface area contributed by atoms with Crippen LogP contribution in [0.2, 0.25) is 0 Å². The third kappa shape index (κ3) is 2.66. The number of carbonyl (C=O) groups excluding carboxylic acids is 1. The Kier molecular flexibility index (Phi) is 4.68. The van der Waals surface area contributed by atoms with E-state index in [0.29, 0.717) is 24.4 Å². The predicted octanol–water partition coefficient (Wildman–Crippen LogP) is 3.34. The third-order valence-electron chi connectivity index (χ3n) is 3.68. The number of methoxy groups -OCH3 is 2. The number of hydrogen-bond donors (Lipinski definition) is 0. The van der Waals surface area contributed by atoms with Crippen molar-refractivity contribution in [2.75, 3.05) is 27.3 Å². The van der Waals surface area contributed by atoms with E-state index < -0.39 is 0 Å². The molecule has 0 heterocycles. The van der Waals surface area contributed by atoms with Gasteiger partial charge < -0.3 is 14.4 Å². The Morgan fingerprint density at radius 2 is 1.62 bits per heavy atom. The van der Waals surface area contributed by atoms with Crippen molar-refractivity contribution >= 4 is 16.7 Å². The summed E-state index contributed by atoms with van der Waals surface area (Å²) in [5, 5.41) is 1.69. The second-order valence-electron chi connectivity index (χ2n) is 4.68. The topological polar surface area (TPSA) is 38.8 Å². The Balaban J connectivity index is 2.72. The number of carbonyl (C=O) groups is 1. The minimum absolute atomic E-state index is 0.0113. The highest BCUT2D eigenvalue weighted by Gasteiger charge is 2.19. The number of rotatable bonds is 5. The second-order valence-corrected chi connectivity index (χ2v) is 4.68. The van der Waals surface area contributed by atoms with Gasteiger partial charge in [-0.05, 0) is 32.0 Å². The number of benzene rings is 2. The lowest BCUT2D eigenvalue weighted by Gasteiger charge is -2.20. The zero-order valence-corrected chi connectivity index (χ0v) is 13.0. The maximum absolute atomic E-state index is 12.7. The molecular formula is C17H21NO3. The molecule has 112 valence electrons. The van der Waals surface area contributed by atoms with Gasteiger partial charge in [0.15, 0.2) is 0 Å². The Morgan fingerprint density at radius 1 is 1.00 bits per heavy atom. The quantitative estimate of drug-likeness (QED) is 0.846. The number of ether oxygens (including phenoxy) is 2. The summed E-state index contributed by atoms with van der Waals surface area (Å²) in [7, 11) is 3.24. The molecule has 21 heavy (non-hydrogen) atoms. The molecule has 0 radical (unpaired) electrons. The van der Waals surface area contributed by atoms with Crippen LogP contribution >= 0.6 is 0 Å². The van der Waals surface area contributed by atoms with Crippen LogP contribution in [0.1, 0.15) is 24.2 Å². The van der Waals surface area contributed by atoms with Crippen LogP contribution in [0, 0.1) is 0 Å². The number of hydrogen-bond acceptors (Lipinski definition) is 3. The maximum atomic E-state index is 12.7. The van der Waals surface area contributed by atoms with Crippen molar-refractivity contribution in [3.8, 4) is 11.5 Å². The van der Waals surface area contributed by atoms with Gasteiger partial charge in [-0.2, -0.15) is 0 Å². The van der Waals surface area contributed by atoms with E-state index in [9.17, 15) is 4.79 Å². The minimum atomic E-state index is 0.0113. The molecule has 4 nitrogen and oxygen atoms in total. The first-order chi connectivity index (χ1) is 10.2. The van der Waals surface area contributed by atoms with E-state index in [-0.39, 0.29) is 5.91 Å². The van der Waals surface area contributed by atoms with E-state index in [1.807, 2.05) is 44.2 Å². The molecule has 0 spiro atoms. The lowest BCUT2D eigenvalue weighted by atomic mass is 10.0. The molecule has 0 bridgehead atoms. The van der Waals surface area contributed by atoms with Crippen molar-refractivity contribution in [2.45, 2.75) is 13.8 Å². The first-order valence-electron chi connectivity index (χ1n) is 7.10. The highest BCUT2D eigenvalue weighted by molar-refractivity contribution is 6.10. The van der Waals surface area contributed by atoms with Crippen LogP contribution in [-0.4, -0.2) is 38.1 Å². The molecule has 0 N–H and O–H groups in total. The highest BCUT2D eigenvalue weighted by Crippen LogP contribution is 2.35.